The molecular weight excluding hydrogens is 250 g/mol. The molecule has 0 saturated carbocycles. The number of hydrogen-bond acceptors (Lipinski definition) is 3. The van der Waals surface area contributed by atoms with Gasteiger partial charge < -0.3 is 10.4 Å². The first kappa shape index (κ1) is 13.0. The van der Waals surface area contributed by atoms with Gasteiger partial charge >= 0.3 is 5.97 Å². The topological polar surface area (TPSA) is 66.4 Å². The molecule has 0 bridgehead atoms. The Morgan fingerprint density at radius 2 is 1.94 bits per heavy atom. The Morgan fingerprint density at radius 1 is 1.22 bits per heavy atom. The predicted molar refractivity (Wildman–Crippen MR) is 72.1 cm³/mol. The Kier molecular flexibility index (Phi) is 4.25. The van der Waals surface area contributed by atoms with Gasteiger partial charge in [0.25, 0.3) is 0 Å². The third kappa shape index (κ3) is 3.26. The molecule has 4 nitrogen and oxygen atoms in total. The van der Waals surface area contributed by atoms with Gasteiger partial charge in [0, 0.05) is 5.69 Å². The summed E-state index contributed by atoms with van der Waals surface area (Å²) >= 11 is 1.69. The molecule has 1 aromatic carbocycles. The zero-order valence-corrected chi connectivity index (χ0v) is 10.7. The van der Waals surface area contributed by atoms with Crippen LogP contribution in [0.3, 0.4) is 0 Å². The van der Waals surface area contributed by atoms with Gasteiger partial charge in [0.2, 0.25) is 5.91 Å². The van der Waals surface area contributed by atoms with Gasteiger partial charge in [-0.05, 0) is 42.9 Å². The van der Waals surface area contributed by atoms with E-state index in [9.17, 15) is 9.59 Å². The highest BCUT2D eigenvalue weighted by Gasteiger charge is 2.21. The molecule has 1 heterocycles. The van der Waals surface area contributed by atoms with Crippen LogP contribution in [0.2, 0.25) is 0 Å². The van der Waals surface area contributed by atoms with Gasteiger partial charge in [-0.2, -0.15) is 0 Å². The highest BCUT2D eigenvalue weighted by molar-refractivity contribution is 8.00. The number of carbonyl (C=O) groups is 2. The number of carboxylic acid groups (broad SMARTS) is 1. The summed E-state index contributed by atoms with van der Waals surface area (Å²) in [6.07, 6.45) is 3.20. The third-order valence-electron chi connectivity index (χ3n) is 2.87. The summed E-state index contributed by atoms with van der Waals surface area (Å²) in [7, 11) is 0. The molecule has 1 aromatic rings. The molecule has 0 spiro atoms. The van der Waals surface area contributed by atoms with Crippen LogP contribution in [0, 0.1) is 0 Å². The molecule has 0 radical (unpaired) electrons. The van der Waals surface area contributed by atoms with E-state index in [4.69, 9.17) is 5.11 Å². The van der Waals surface area contributed by atoms with E-state index in [0.29, 0.717) is 5.69 Å². The summed E-state index contributed by atoms with van der Waals surface area (Å²) < 4.78 is 0. The SMILES string of the molecule is O=C(O)c1ccc(NC(=O)C2CCCCS2)cc1. The van der Waals surface area contributed by atoms with Crippen molar-refractivity contribution in [2.24, 2.45) is 0 Å². The van der Waals surface area contributed by atoms with Crippen molar-refractivity contribution in [1.82, 2.24) is 0 Å². The number of amides is 1. The Balaban J connectivity index is 1.96. The van der Waals surface area contributed by atoms with Crippen molar-refractivity contribution in [1.29, 1.82) is 0 Å². The summed E-state index contributed by atoms with van der Waals surface area (Å²) in [6, 6.07) is 6.22. The highest BCUT2D eigenvalue weighted by atomic mass is 32.2. The van der Waals surface area contributed by atoms with Crippen molar-refractivity contribution in [3.63, 3.8) is 0 Å². The van der Waals surface area contributed by atoms with E-state index in [1.54, 1.807) is 23.9 Å². The first-order valence-electron chi connectivity index (χ1n) is 5.92. The molecule has 1 amide bonds. The van der Waals surface area contributed by atoms with Gasteiger partial charge in [0.15, 0.2) is 0 Å². The Labute approximate surface area is 110 Å². The molecule has 0 aromatic heterocycles. The summed E-state index contributed by atoms with van der Waals surface area (Å²) in [6.45, 7) is 0. The molecule has 96 valence electrons. The number of rotatable bonds is 3. The second kappa shape index (κ2) is 5.91. The van der Waals surface area contributed by atoms with Crippen LogP contribution in [0.15, 0.2) is 24.3 Å². The number of hydrogen-bond donors (Lipinski definition) is 2. The molecule has 2 rings (SSSR count). The normalized spacial score (nSPS) is 19.2. The average Bonchev–Trinajstić information content (AvgIpc) is 2.40. The van der Waals surface area contributed by atoms with E-state index >= 15 is 0 Å². The molecule has 1 saturated heterocycles. The molecule has 1 aliphatic heterocycles. The van der Waals surface area contributed by atoms with E-state index in [2.05, 4.69) is 5.32 Å². The van der Waals surface area contributed by atoms with Crippen LogP contribution in [-0.4, -0.2) is 28.0 Å². The predicted octanol–water partition coefficient (Wildman–Crippen LogP) is 2.61. The number of thioether (sulfide) groups is 1. The fourth-order valence-electron chi connectivity index (χ4n) is 1.87. The molecule has 0 aliphatic carbocycles. The number of carbonyl (C=O) groups excluding carboxylic acids is 1. The van der Waals surface area contributed by atoms with Gasteiger partial charge in [-0.25, -0.2) is 4.79 Å². The Morgan fingerprint density at radius 3 is 2.50 bits per heavy atom. The van der Waals surface area contributed by atoms with Gasteiger partial charge in [-0.1, -0.05) is 6.42 Å². The number of aromatic carboxylic acids is 1. The van der Waals surface area contributed by atoms with Crippen LogP contribution in [0.4, 0.5) is 5.69 Å². The number of nitrogens with one attached hydrogen (secondary N) is 1. The fourth-order valence-corrected chi connectivity index (χ4v) is 3.07. The van der Waals surface area contributed by atoms with Crippen LogP contribution >= 0.6 is 11.8 Å². The minimum absolute atomic E-state index is 0.0165. The molecule has 1 aliphatic rings. The van der Waals surface area contributed by atoms with Crippen LogP contribution in [0.1, 0.15) is 29.6 Å². The first-order chi connectivity index (χ1) is 8.66. The molecule has 1 unspecified atom stereocenters. The van der Waals surface area contributed by atoms with Gasteiger partial charge in [-0.15, -0.1) is 11.8 Å². The maximum atomic E-state index is 11.9. The van der Waals surface area contributed by atoms with E-state index < -0.39 is 5.97 Å². The van der Waals surface area contributed by atoms with E-state index in [1.165, 1.54) is 18.6 Å². The van der Waals surface area contributed by atoms with Crippen LogP contribution in [0.5, 0.6) is 0 Å². The van der Waals surface area contributed by atoms with Crippen LogP contribution < -0.4 is 5.32 Å². The molecular formula is C13H15NO3S. The molecule has 1 atom stereocenters. The van der Waals surface area contributed by atoms with E-state index in [0.717, 1.165) is 18.6 Å². The van der Waals surface area contributed by atoms with Crippen molar-refractivity contribution in [3.05, 3.63) is 29.8 Å². The van der Waals surface area contributed by atoms with Crippen molar-refractivity contribution in [2.75, 3.05) is 11.1 Å². The van der Waals surface area contributed by atoms with Gasteiger partial charge in [-0.3, -0.25) is 4.79 Å². The smallest absolute Gasteiger partial charge is 0.335 e. The molecule has 2 N–H and O–H groups in total. The van der Waals surface area contributed by atoms with Crippen LogP contribution in [0.25, 0.3) is 0 Å². The van der Waals surface area contributed by atoms with Crippen molar-refractivity contribution < 1.29 is 14.7 Å². The maximum absolute atomic E-state index is 11.9. The largest absolute Gasteiger partial charge is 0.478 e. The van der Waals surface area contributed by atoms with Crippen LogP contribution in [-0.2, 0) is 4.79 Å². The zero-order valence-electron chi connectivity index (χ0n) is 9.89. The summed E-state index contributed by atoms with van der Waals surface area (Å²) in [5.41, 5.74) is 0.871. The van der Waals surface area contributed by atoms with Gasteiger partial charge in [0.05, 0.1) is 10.8 Å². The number of anilines is 1. The lowest BCUT2D eigenvalue weighted by atomic mass is 10.1. The van der Waals surface area contributed by atoms with Crippen molar-refractivity contribution in [3.8, 4) is 0 Å². The lowest BCUT2D eigenvalue weighted by Crippen LogP contribution is -2.27. The summed E-state index contributed by atoms with van der Waals surface area (Å²) in [4.78, 5) is 22.6. The lowest BCUT2D eigenvalue weighted by molar-refractivity contribution is -0.115. The summed E-state index contributed by atoms with van der Waals surface area (Å²) in [5.74, 6) is 0.0919. The van der Waals surface area contributed by atoms with E-state index in [1.807, 2.05) is 0 Å². The molecule has 18 heavy (non-hydrogen) atoms. The fraction of sp³-hybridized carbons (Fsp3) is 0.385. The quantitative estimate of drug-likeness (QED) is 0.881. The highest BCUT2D eigenvalue weighted by Crippen LogP contribution is 2.26. The summed E-state index contributed by atoms with van der Waals surface area (Å²) in [5, 5.41) is 11.6. The van der Waals surface area contributed by atoms with Gasteiger partial charge in [0.1, 0.15) is 0 Å². The zero-order chi connectivity index (χ0) is 13.0. The average molecular weight is 265 g/mol. The number of carboxylic acids is 1. The molecule has 5 heteroatoms. The standard InChI is InChI=1S/C13H15NO3S/c15-12(11-3-1-2-8-18-11)14-10-6-4-9(5-7-10)13(16)17/h4-7,11H,1-3,8H2,(H,14,15)(H,16,17). The third-order valence-corrected chi connectivity index (χ3v) is 4.25. The maximum Gasteiger partial charge on any atom is 0.335 e. The second-order valence-electron chi connectivity index (χ2n) is 4.23. The Bertz CT molecular complexity index is 438. The van der Waals surface area contributed by atoms with E-state index in [-0.39, 0.29) is 16.7 Å². The van der Waals surface area contributed by atoms with Crippen molar-refractivity contribution >= 4 is 29.3 Å². The first-order valence-corrected chi connectivity index (χ1v) is 6.97. The molecule has 1 fully saturated rings. The minimum Gasteiger partial charge on any atom is -0.478 e. The monoisotopic (exact) mass is 265 g/mol. The van der Waals surface area contributed by atoms with Crippen molar-refractivity contribution in [2.45, 2.75) is 24.5 Å². The second-order valence-corrected chi connectivity index (χ2v) is 5.54. The number of benzene rings is 1. The minimum atomic E-state index is -0.962. The lowest BCUT2D eigenvalue weighted by Gasteiger charge is -2.20. The Hall–Kier alpha value is -1.49.